The van der Waals surface area contributed by atoms with Crippen LogP contribution in [0, 0.1) is 18.3 Å². The summed E-state index contributed by atoms with van der Waals surface area (Å²) in [6, 6.07) is 5.67. The fourth-order valence-corrected chi connectivity index (χ4v) is 3.07. The van der Waals surface area contributed by atoms with Crippen LogP contribution in [0.3, 0.4) is 0 Å². The number of rotatable bonds is 3. The zero-order valence-corrected chi connectivity index (χ0v) is 13.1. The zero-order chi connectivity index (χ0) is 14.9. The number of carbonyl (C=O) groups is 1. The van der Waals surface area contributed by atoms with Crippen LogP contribution in [0.4, 0.5) is 5.69 Å². The number of nitrogens with zero attached hydrogens (tertiary/aromatic N) is 1. The summed E-state index contributed by atoms with van der Waals surface area (Å²) >= 11 is 3.38. The molecule has 20 heavy (non-hydrogen) atoms. The predicted octanol–water partition coefficient (Wildman–Crippen LogP) is 2.86. The van der Waals surface area contributed by atoms with Crippen LogP contribution in [-0.4, -0.2) is 17.0 Å². The highest BCUT2D eigenvalue weighted by Gasteiger charge is 2.52. The molecule has 2 rings (SSSR count). The van der Waals surface area contributed by atoms with Crippen molar-refractivity contribution in [2.45, 2.75) is 26.7 Å². The lowest BCUT2D eigenvalue weighted by Crippen LogP contribution is -2.54. The summed E-state index contributed by atoms with van der Waals surface area (Å²) in [6.45, 7) is 3.96. The number of hydrogen-bond acceptors (Lipinski definition) is 3. The Balaban J connectivity index is 2.24. The van der Waals surface area contributed by atoms with Gasteiger partial charge in [-0.15, -0.1) is 0 Å². The van der Waals surface area contributed by atoms with E-state index >= 15 is 0 Å². The summed E-state index contributed by atoms with van der Waals surface area (Å²) in [6.07, 6.45) is 1.20. The minimum atomic E-state index is -0.886. The van der Waals surface area contributed by atoms with Crippen LogP contribution in [0.5, 0.6) is 0 Å². The van der Waals surface area contributed by atoms with E-state index in [1.165, 1.54) is 0 Å². The number of hydrogen-bond donors (Lipinski definition) is 3. The van der Waals surface area contributed by atoms with Gasteiger partial charge >= 0.3 is 0 Å². The Morgan fingerprint density at radius 3 is 2.75 bits per heavy atom. The number of carbonyl (C=O) groups excluding carboxylic acids is 1. The van der Waals surface area contributed by atoms with E-state index in [2.05, 4.69) is 26.4 Å². The molecule has 6 heteroatoms. The molecule has 0 radical (unpaired) electrons. The number of anilines is 1. The van der Waals surface area contributed by atoms with Crippen molar-refractivity contribution in [1.82, 2.24) is 0 Å². The Labute approximate surface area is 126 Å². The van der Waals surface area contributed by atoms with Crippen molar-refractivity contribution in [3.8, 4) is 0 Å². The highest BCUT2D eigenvalue weighted by molar-refractivity contribution is 9.10. The molecule has 1 saturated carbocycles. The van der Waals surface area contributed by atoms with E-state index in [-0.39, 0.29) is 11.7 Å². The first kappa shape index (κ1) is 14.8. The quantitative estimate of drug-likeness (QED) is 0.342. The number of aryl methyl sites for hydroxylation is 1. The number of amidine groups is 1. The van der Waals surface area contributed by atoms with Crippen LogP contribution in [-0.2, 0) is 4.79 Å². The van der Waals surface area contributed by atoms with Crippen LogP contribution in [0.1, 0.15) is 25.3 Å². The molecule has 1 fully saturated rings. The van der Waals surface area contributed by atoms with Gasteiger partial charge in [0.15, 0.2) is 5.84 Å². The maximum atomic E-state index is 12.5. The van der Waals surface area contributed by atoms with Gasteiger partial charge in [-0.3, -0.25) is 4.79 Å². The lowest BCUT2D eigenvalue weighted by atomic mass is 9.61. The van der Waals surface area contributed by atoms with E-state index in [0.717, 1.165) is 15.7 Å². The minimum Gasteiger partial charge on any atom is -0.409 e. The third-order valence-electron chi connectivity index (χ3n) is 3.87. The van der Waals surface area contributed by atoms with Crippen molar-refractivity contribution in [2.24, 2.45) is 22.2 Å². The van der Waals surface area contributed by atoms with Crippen molar-refractivity contribution < 1.29 is 10.0 Å². The molecule has 5 nitrogen and oxygen atoms in total. The smallest absolute Gasteiger partial charge is 0.238 e. The van der Waals surface area contributed by atoms with Crippen LogP contribution < -0.4 is 11.1 Å². The van der Waals surface area contributed by atoms with Gasteiger partial charge in [-0.1, -0.05) is 34.1 Å². The first-order valence-electron chi connectivity index (χ1n) is 6.44. The van der Waals surface area contributed by atoms with E-state index in [1.54, 1.807) is 0 Å². The maximum absolute atomic E-state index is 12.5. The van der Waals surface area contributed by atoms with Gasteiger partial charge in [0.2, 0.25) is 5.91 Å². The number of nitrogens with two attached hydrogens (primary N) is 1. The van der Waals surface area contributed by atoms with Gasteiger partial charge < -0.3 is 16.3 Å². The monoisotopic (exact) mass is 339 g/mol. The predicted molar refractivity (Wildman–Crippen MR) is 81.7 cm³/mol. The Morgan fingerprint density at radius 2 is 2.20 bits per heavy atom. The number of oxime groups is 1. The van der Waals surface area contributed by atoms with Crippen molar-refractivity contribution in [1.29, 1.82) is 0 Å². The second kappa shape index (κ2) is 5.44. The molecule has 1 aliphatic carbocycles. The topological polar surface area (TPSA) is 87.7 Å². The number of amides is 1. The van der Waals surface area contributed by atoms with Gasteiger partial charge in [-0.25, -0.2) is 0 Å². The van der Waals surface area contributed by atoms with Crippen LogP contribution in [0.2, 0.25) is 0 Å². The van der Waals surface area contributed by atoms with Crippen molar-refractivity contribution in [3.63, 3.8) is 0 Å². The molecule has 0 unspecified atom stereocenters. The van der Waals surface area contributed by atoms with Crippen molar-refractivity contribution in [2.75, 3.05) is 5.32 Å². The largest absolute Gasteiger partial charge is 0.409 e. The normalized spacial score (nSPS) is 25.9. The highest BCUT2D eigenvalue weighted by atomic mass is 79.9. The molecule has 1 amide bonds. The number of benzene rings is 1. The first-order chi connectivity index (χ1) is 9.39. The Morgan fingerprint density at radius 1 is 1.55 bits per heavy atom. The van der Waals surface area contributed by atoms with Gasteiger partial charge in [0, 0.05) is 10.2 Å². The SMILES string of the molecule is Cc1ccc(Br)cc1NC(=O)C1(/C(N)=N/O)CC(C)C1. The first-order valence-corrected chi connectivity index (χ1v) is 7.24. The Hall–Kier alpha value is -1.56. The van der Waals surface area contributed by atoms with E-state index in [9.17, 15) is 4.79 Å². The van der Waals surface area contributed by atoms with E-state index in [4.69, 9.17) is 10.9 Å². The van der Waals surface area contributed by atoms with Crippen LogP contribution in [0.15, 0.2) is 27.8 Å². The molecule has 0 atom stereocenters. The van der Waals surface area contributed by atoms with E-state index in [1.807, 2.05) is 32.0 Å². The average Bonchev–Trinajstić information content (AvgIpc) is 2.38. The van der Waals surface area contributed by atoms with Crippen molar-refractivity contribution in [3.05, 3.63) is 28.2 Å². The summed E-state index contributed by atoms with van der Waals surface area (Å²) < 4.78 is 0.887. The molecule has 1 aliphatic rings. The molecule has 0 aromatic heterocycles. The van der Waals surface area contributed by atoms with Gasteiger partial charge in [0.05, 0.1) is 0 Å². The fraction of sp³-hybridized carbons (Fsp3) is 0.429. The summed E-state index contributed by atoms with van der Waals surface area (Å²) in [5.74, 6) is 0.164. The molecule has 1 aromatic rings. The molecule has 0 heterocycles. The number of nitrogens with one attached hydrogen (secondary N) is 1. The molecule has 108 valence electrons. The molecule has 1 aromatic carbocycles. The third kappa shape index (κ3) is 2.52. The molecular weight excluding hydrogens is 322 g/mol. The fourth-order valence-electron chi connectivity index (χ4n) is 2.71. The average molecular weight is 340 g/mol. The van der Waals surface area contributed by atoms with Crippen molar-refractivity contribution >= 4 is 33.4 Å². The summed E-state index contributed by atoms with van der Waals surface area (Å²) in [5.41, 5.74) is 6.53. The maximum Gasteiger partial charge on any atom is 0.238 e. The molecule has 4 N–H and O–H groups in total. The molecule has 0 bridgehead atoms. The van der Waals surface area contributed by atoms with Crippen LogP contribution >= 0.6 is 15.9 Å². The molecule has 0 saturated heterocycles. The Bertz CT molecular complexity index is 566. The highest BCUT2D eigenvalue weighted by Crippen LogP contribution is 2.46. The molecular formula is C14H18BrN3O2. The minimum absolute atomic E-state index is 0.0132. The second-order valence-corrected chi connectivity index (χ2v) is 6.41. The summed E-state index contributed by atoms with van der Waals surface area (Å²) in [5, 5.41) is 14.8. The van der Waals surface area contributed by atoms with Gasteiger partial charge in [0.25, 0.3) is 0 Å². The summed E-state index contributed by atoms with van der Waals surface area (Å²) in [4.78, 5) is 12.5. The molecule has 0 aliphatic heterocycles. The lowest BCUT2D eigenvalue weighted by Gasteiger charge is -2.43. The Kier molecular flexibility index (Phi) is 4.04. The third-order valence-corrected chi connectivity index (χ3v) is 4.37. The van der Waals surface area contributed by atoms with Gasteiger partial charge in [-0.05, 0) is 43.4 Å². The van der Waals surface area contributed by atoms with Gasteiger partial charge in [-0.2, -0.15) is 0 Å². The molecule has 0 spiro atoms. The van der Waals surface area contributed by atoms with E-state index in [0.29, 0.717) is 18.8 Å². The van der Waals surface area contributed by atoms with E-state index < -0.39 is 5.41 Å². The second-order valence-electron chi connectivity index (χ2n) is 5.49. The number of halogens is 1. The zero-order valence-electron chi connectivity index (χ0n) is 11.5. The van der Waals surface area contributed by atoms with Crippen LogP contribution in [0.25, 0.3) is 0 Å². The lowest BCUT2D eigenvalue weighted by molar-refractivity contribution is -0.127. The summed E-state index contributed by atoms with van der Waals surface area (Å²) in [7, 11) is 0. The standard InChI is InChI=1S/C14H18BrN3O2/c1-8-6-14(7-8,12(16)18-20)13(19)17-11-5-10(15)4-3-9(11)2/h3-5,8,20H,6-7H2,1-2H3,(H2,16,18)(H,17,19). The van der Waals surface area contributed by atoms with Gasteiger partial charge in [0.1, 0.15) is 5.41 Å².